The van der Waals surface area contributed by atoms with Crippen molar-refractivity contribution in [3.8, 4) is 0 Å². The van der Waals surface area contributed by atoms with E-state index in [-0.39, 0.29) is 0 Å². The summed E-state index contributed by atoms with van der Waals surface area (Å²) in [5, 5.41) is 23.9. The molecule has 0 fully saturated rings. The number of hydrogen-bond acceptors (Lipinski definition) is 3. The molecule has 0 aliphatic carbocycles. The first-order valence-electron chi connectivity index (χ1n) is 1.95. The number of rotatable bonds is 3. The van der Waals surface area contributed by atoms with Crippen LogP contribution in [0.15, 0.2) is 0 Å². The molecule has 0 heterocycles. The van der Waals surface area contributed by atoms with Gasteiger partial charge in [0.05, 0.1) is 0 Å². The van der Waals surface area contributed by atoms with Crippen molar-refractivity contribution in [1.29, 1.82) is 0 Å². The van der Waals surface area contributed by atoms with Gasteiger partial charge in [0.15, 0.2) is 0 Å². The fraction of sp³-hybridized carbons (Fsp3) is 0. The van der Waals surface area contributed by atoms with Crippen molar-refractivity contribution in [1.82, 2.24) is 0 Å². The van der Waals surface area contributed by atoms with Crippen molar-refractivity contribution >= 4 is 25.1 Å². The third-order valence-electron chi connectivity index (χ3n) is 0.574. The standard InChI is InChI=1S/C3H3O6P/c4-1(5)10(2(6)7)3(8)9/h(H,4,5)(H,6,7)(H,8,9). The van der Waals surface area contributed by atoms with E-state index in [9.17, 15) is 14.4 Å². The largest absolute Gasteiger partial charge is 0.477 e. The Bertz CT molecular complexity index is 152. The summed E-state index contributed by atoms with van der Waals surface area (Å²) in [6.07, 6.45) is 0. The van der Waals surface area contributed by atoms with Crippen molar-refractivity contribution in [3.05, 3.63) is 0 Å². The quantitative estimate of drug-likeness (QED) is 0.547. The third kappa shape index (κ3) is 1.99. The van der Waals surface area contributed by atoms with Crippen molar-refractivity contribution < 1.29 is 29.7 Å². The van der Waals surface area contributed by atoms with Crippen molar-refractivity contribution in [2.24, 2.45) is 0 Å². The fourth-order valence-electron chi connectivity index (χ4n) is 0.245. The molecule has 0 aliphatic rings. The van der Waals surface area contributed by atoms with Gasteiger partial charge in [0.1, 0.15) is 0 Å². The zero-order valence-corrected chi connectivity index (χ0v) is 5.41. The summed E-state index contributed by atoms with van der Waals surface area (Å²) < 4.78 is 0. The maximum absolute atomic E-state index is 9.85. The molecule has 0 aromatic carbocycles. The lowest BCUT2D eigenvalue weighted by Gasteiger charge is -1.97. The summed E-state index contributed by atoms with van der Waals surface area (Å²) in [5.74, 6) is 0. The Balaban J connectivity index is 4.43. The molecular formula is C3H3O6P. The molecule has 0 bridgehead atoms. The summed E-state index contributed by atoms with van der Waals surface area (Å²) in [7, 11) is -2.99. The van der Waals surface area contributed by atoms with E-state index in [1.165, 1.54) is 0 Å². The first-order chi connectivity index (χ1) is 4.46. The summed E-state index contributed by atoms with van der Waals surface area (Å²) in [6, 6.07) is 0. The highest BCUT2D eigenvalue weighted by molar-refractivity contribution is 8.00. The van der Waals surface area contributed by atoms with Crippen LogP contribution in [0.4, 0.5) is 14.4 Å². The molecular weight excluding hydrogens is 163 g/mol. The van der Waals surface area contributed by atoms with Crippen LogP contribution < -0.4 is 0 Å². The van der Waals surface area contributed by atoms with Crippen LogP contribution in [0.3, 0.4) is 0 Å². The Hall–Kier alpha value is -1.16. The first kappa shape index (κ1) is 8.84. The lowest BCUT2D eigenvalue weighted by molar-refractivity contribution is 0.209. The van der Waals surface area contributed by atoms with Gasteiger partial charge in [-0.3, -0.25) is 0 Å². The van der Waals surface area contributed by atoms with Gasteiger partial charge in [-0.25, -0.2) is 14.4 Å². The molecule has 0 aliphatic heterocycles. The zero-order valence-electron chi connectivity index (χ0n) is 4.51. The van der Waals surface area contributed by atoms with Gasteiger partial charge in [0, 0.05) is 0 Å². The van der Waals surface area contributed by atoms with E-state index in [0.717, 1.165) is 0 Å². The molecule has 0 rings (SSSR count). The predicted octanol–water partition coefficient (Wildman–Crippen LogP) is 1.50. The highest BCUT2D eigenvalue weighted by atomic mass is 31.1. The summed E-state index contributed by atoms with van der Waals surface area (Å²) >= 11 is 0. The van der Waals surface area contributed by atoms with Gasteiger partial charge in [-0.15, -0.1) is 0 Å². The topological polar surface area (TPSA) is 112 Å². The molecule has 3 N–H and O–H groups in total. The molecule has 0 saturated heterocycles. The summed E-state index contributed by atoms with van der Waals surface area (Å²) in [4.78, 5) is 29.5. The van der Waals surface area contributed by atoms with E-state index >= 15 is 0 Å². The van der Waals surface area contributed by atoms with Crippen molar-refractivity contribution in [3.63, 3.8) is 0 Å². The maximum atomic E-state index is 9.85. The third-order valence-corrected chi connectivity index (χ3v) is 1.72. The van der Waals surface area contributed by atoms with E-state index in [0.29, 0.717) is 0 Å². The molecule has 0 radical (unpaired) electrons. The molecule has 7 heteroatoms. The Morgan fingerprint density at radius 2 is 1.00 bits per heavy atom. The summed E-state index contributed by atoms with van der Waals surface area (Å²) in [6.45, 7) is 0. The molecule has 10 heavy (non-hydrogen) atoms. The van der Waals surface area contributed by atoms with Crippen molar-refractivity contribution in [2.45, 2.75) is 0 Å². The van der Waals surface area contributed by atoms with E-state index in [1.807, 2.05) is 0 Å². The number of hydrogen-bond donors (Lipinski definition) is 3. The molecule has 0 saturated carbocycles. The maximum Gasteiger partial charge on any atom is 0.347 e. The molecule has 0 spiro atoms. The minimum atomic E-state index is -2.99. The minimum Gasteiger partial charge on any atom is -0.477 e. The predicted molar refractivity (Wildman–Crippen MR) is 31.0 cm³/mol. The minimum absolute atomic E-state index is 1.81. The molecule has 0 unspecified atom stereocenters. The van der Waals surface area contributed by atoms with Gasteiger partial charge < -0.3 is 15.3 Å². The number of carbonyl (C=O) groups is 3. The first-order valence-corrected chi connectivity index (χ1v) is 3.30. The second kappa shape index (κ2) is 3.12. The fourth-order valence-corrected chi connectivity index (χ4v) is 0.736. The van der Waals surface area contributed by atoms with Gasteiger partial charge in [0.25, 0.3) is 0 Å². The molecule has 56 valence electrons. The van der Waals surface area contributed by atoms with Crippen LogP contribution in [-0.2, 0) is 0 Å². The van der Waals surface area contributed by atoms with Crippen LogP contribution >= 0.6 is 7.92 Å². The average molecular weight is 166 g/mol. The lowest BCUT2D eigenvalue weighted by atomic mass is 11.5. The second-order valence-corrected chi connectivity index (χ2v) is 3.00. The molecule has 6 nitrogen and oxygen atoms in total. The van der Waals surface area contributed by atoms with Gasteiger partial charge in [-0.1, -0.05) is 0 Å². The SMILES string of the molecule is O=C(O)P(C(=O)O)C(=O)O. The Morgan fingerprint density at radius 1 is 0.800 bits per heavy atom. The zero-order chi connectivity index (χ0) is 8.31. The average Bonchev–Trinajstić information content (AvgIpc) is 1.59. The Labute approximate surface area is 55.8 Å². The second-order valence-electron chi connectivity index (χ2n) is 1.18. The van der Waals surface area contributed by atoms with Crippen LogP contribution in [0.5, 0.6) is 0 Å². The van der Waals surface area contributed by atoms with Crippen LogP contribution in [-0.4, -0.2) is 32.5 Å². The van der Waals surface area contributed by atoms with Crippen molar-refractivity contribution in [2.75, 3.05) is 0 Å². The van der Waals surface area contributed by atoms with Gasteiger partial charge >= 0.3 is 17.1 Å². The van der Waals surface area contributed by atoms with E-state index in [1.54, 1.807) is 0 Å². The monoisotopic (exact) mass is 166 g/mol. The molecule has 0 amide bonds. The van der Waals surface area contributed by atoms with Crippen LogP contribution in [0.2, 0.25) is 0 Å². The molecule has 0 aromatic rings. The highest BCUT2D eigenvalue weighted by Crippen LogP contribution is 2.37. The number of carboxylic acid groups (broad SMARTS) is 3. The van der Waals surface area contributed by atoms with Gasteiger partial charge in [-0.05, 0) is 0 Å². The summed E-state index contributed by atoms with van der Waals surface area (Å²) in [5.41, 5.74) is -5.43. The lowest BCUT2D eigenvalue weighted by Crippen LogP contribution is -2.06. The van der Waals surface area contributed by atoms with E-state index < -0.39 is 25.1 Å². The van der Waals surface area contributed by atoms with Gasteiger partial charge in [-0.2, -0.15) is 0 Å². The van der Waals surface area contributed by atoms with E-state index in [4.69, 9.17) is 15.3 Å². The smallest absolute Gasteiger partial charge is 0.347 e. The van der Waals surface area contributed by atoms with Crippen LogP contribution in [0, 0.1) is 0 Å². The van der Waals surface area contributed by atoms with E-state index in [2.05, 4.69) is 0 Å². The molecule has 0 aromatic heterocycles. The van der Waals surface area contributed by atoms with Gasteiger partial charge in [0.2, 0.25) is 7.92 Å². The Kier molecular flexibility index (Phi) is 2.76. The van der Waals surface area contributed by atoms with Crippen LogP contribution in [0.1, 0.15) is 0 Å². The molecule has 0 atom stereocenters. The Morgan fingerprint density at radius 3 is 1.00 bits per heavy atom. The normalized spacial score (nSPS) is 9.30. The van der Waals surface area contributed by atoms with Crippen LogP contribution in [0.25, 0.3) is 0 Å². The highest BCUT2D eigenvalue weighted by Gasteiger charge is 2.33.